The second-order valence-corrected chi connectivity index (χ2v) is 3.42. The molecule has 2 unspecified atom stereocenters. The van der Waals surface area contributed by atoms with Gasteiger partial charge in [0.15, 0.2) is 0 Å². The van der Waals surface area contributed by atoms with Gasteiger partial charge in [-0.15, -0.1) is 0 Å². The van der Waals surface area contributed by atoms with E-state index in [4.69, 9.17) is 0 Å². The van der Waals surface area contributed by atoms with Crippen LogP contribution in [0, 0.1) is 0 Å². The minimum atomic E-state index is -0.546. The van der Waals surface area contributed by atoms with Crippen molar-refractivity contribution in [2.75, 3.05) is 0 Å². The summed E-state index contributed by atoms with van der Waals surface area (Å²) in [5.74, 6) is 0.0571. The van der Waals surface area contributed by atoms with E-state index in [0.717, 1.165) is 5.56 Å². The zero-order chi connectivity index (χ0) is 10.6. The molecule has 0 aromatic heterocycles. The number of hydrogen-bond donors (Lipinski definition) is 1. The highest BCUT2D eigenvalue weighted by Gasteiger charge is 2.16. The van der Waals surface area contributed by atoms with Crippen molar-refractivity contribution in [1.82, 2.24) is 0 Å². The predicted molar refractivity (Wildman–Crippen MR) is 60.2 cm³/mol. The van der Waals surface area contributed by atoms with Crippen molar-refractivity contribution in [2.45, 2.75) is 18.9 Å². The van der Waals surface area contributed by atoms with Gasteiger partial charge in [0.1, 0.15) is 0 Å². The normalized spacial score (nSPS) is 14.4. The molecular formula is C13H16O. The van der Waals surface area contributed by atoms with Crippen LogP contribution in [0.3, 0.4) is 0 Å². The topological polar surface area (TPSA) is 20.2 Å². The van der Waals surface area contributed by atoms with Crippen molar-refractivity contribution in [3.05, 3.63) is 60.7 Å². The van der Waals surface area contributed by atoms with Gasteiger partial charge in [0.05, 0.1) is 6.10 Å². The average molecular weight is 188 g/mol. The summed E-state index contributed by atoms with van der Waals surface area (Å²) in [7, 11) is 0. The van der Waals surface area contributed by atoms with Crippen molar-refractivity contribution in [2.24, 2.45) is 0 Å². The molecule has 1 rings (SSSR count). The summed E-state index contributed by atoms with van der Waals surface area (Å²) in [6.07, 6.45) is 1.05. The summed E-state index contributed by atoms with van der Waals surface area (Å²) >= 11 is 0. The molecule has 1 N–H and O–H groups in total. The Bertz CT molecular complexity index is 313. The Morgan fingerprint density at radius 2 is 1.93 bits per heavy atom. The Morgan fingerprint density at radius 3 is 2.43 bits per heavy atom. The standard InChI is InChI=1S/C13H16O/c1-4-10(2)13(14)11(3)12-8-6-5-7-9-12/h4-9,11,13-14H,1-2H2,3H3. The lowest BCUT2D eigenvalue weighted by Crippen LogP contribution is -2.16. The quantitative estimate of drug-likeness (QED) is 0.720. The van der Waals surface area contributed by atoms with E-state index in [1.165, 1.54) is 0 Å². The summed E-state index contributed by atoms with van der Waals surface area (Å²) in [5.41, 5.74) is 1.78. The second kappa shape index (κ2) is 4.77. The lowest BCUT2D eigenvalue weighted by molar-refractivity contribution is 0.189. The van der Waals surface area contributed by atoms with Gasteiger partial charge < -0.3 is 5.11 Å². The Balaban J connectivity index is 2.80. The third-order valence-corrected chi connectivity index (χ3v) is 2.44. The molecule has 1 heteroatoms. The van der Waals surface area contributed by atoms with E-state index in [-0.39, 0.29) is 5.92 Å². The summed E-state index contributed by atoms with van der Waals surface area (Å²) in [6, 6.07) is 9.91. The van der Waals surface area contributed by atoms with E-state index in [1.54, 1.807) is 6.08 Å². The number of rotatable bonds is 4. The van der Waals surface area contributed by atoms with Crippen molar-refractivity contribution in [1.29, 1.82) is 0 Å². The van der Waals surface area contributed by atoms with Gasteiger partial charge in [0, 0.05) is 5.92 Å². The third kappa shape index (κ3) is 2.33. The van der Waals surface area contributed by atoms with Crippen molar-refractivity contribution < 1.29 is 5.11 Å². The molecule has 0 radical (unpaired) electrons. The molecule has 14 heavy (non-hydrogen) atoms. The first-order valence-electron chi connectivity index (χ1n) is 4.71. The van der Waals surface area contributed by atoms with Crippen LogP contribution in [0.2, 0.25) is 0 Å². The van der Waals surface area contributed by atoms with Gasteiger partial charge in [-0.2, -0.15) is 0 Å². The number of hydrogen-bond acceptors (Lipinski definition) is 1. The minimum absolute atomic E-state index is 0.0571. The fourth-order valence-corrected chi connectivity index (χ4v) is 1.38. The lowest BCUT2D eigenvalue weighted by Gasteiger charge is -2.19. The number of aliphatic hydroxyl groups excluding tert-OH is 1. The molecule has 0 spiro atoms. The fraction of sp³-hybridized carbons (Fsp3) is 0.231. The Hall–Kier alpha value is -1.34. The van der Waals surface area contributed by atoms with Gasteiger partial charge in [0.25, 0.3) is 0 Å². The molecule has 1 nitrogen and oxygen atoms in total. The average Bonchev–Trinajstić information content (AvgIpc) is 2.27. The fourth-order valence-electron chi connectivity index (χ4n) is 1.38. The maximum atomic E-state index is 9.87. The molecule has 0 aliphatic rings. The molecule has 1 aromatic rings. The molecule has 0 heterocycles. The minimum Gasteiger partial charge on any atom is -0.388 e. The third-order valence-electron chi connectivity index (χ3n) is 2.44. The lowest BCUT2D eigenvalue weighted by atomic mass is 9.91. The van der Waals surface area contributed by atoms with E-state index in [0.29, 0.717) is 5.57 Å². The molecule has 0 amide bonds. The van der Waals surface area contributed by atoms with Gasteiger partial charge >= 0.3 is 0 Å². The van der Waals surface area contributed by atoms with Crippen LogP contribution in [0.15, 0.2) is 55.1 Å². The van der Waals surface area contributed by atoms with Crippen LogP contribution in [0.25, 0.3) is 0 Å². The first kappa shape index (κ1) is 10.7. The largest absolute Gasteiger partial charge is 0.388 e. The first-order chi connectivity index (χ1) is 6.66. The van der Waals surface area contributed by atoms with Crippen molar-refractivity contribution >= 4 is 0 Å². The summed E-state index contributed by atoms with van der Waals surface area (Å²) in [4.78, 5) is 0. The molecule has 1 aromatic carbocycles. The SMILES string of the molecule is C=CC(=C)C(O)C(C)c1ccccc1. The van der Waals surface area contributed by atoms with E-state index in [9.17, 15) is 5.11 Å². The van der Waals surface area contributed by atoms with Crippen molar-refractivity contribution in [3.8, 4) is 0 Å². The smallest absolute Gasteiger partial charge is 0.0849 e. The van der Waals surface area contributed by atoms with Crippen LogP contribution in [0.1, 0.15) is 18.4 Å². The zero-order valence-electron chi connectivity index (χ0n) is 8.48. The zero-order valence-corrected chi connectivity index (χ0v) is 8.48. The van der Waals surface area contributed by atoms with Crippen LogP contribution in [0.4, 0.5) is 0 Å². The molecule has 0 aliphatic heterocycles. The Morgan fingerprint density at radius 1 is 1.36 bits per heavy atom. The molecule has 0 saturated heterocycles. The monoisotopic (exact) mass is 188 g/mol. The predicted octanol–water partition coefficient (Wildman–Crippen LogP) is 2.89. The van der Waals surface area contributed by atoms with Crippen LogP contribution in [-0.2, 0) is 0 Å². The highest BCUT2D eigenvalue weighted by Crippen LogP contribution is 2.22. The summed E-state index contributed by atoms with van der Waals surface area (Å²) in [6.45, 7) is 9.33. The molecule has 0 bridgehead atoms. The van der Waals surface area contributed by atoms with E-state index in [1.807, 2.05) is 37.3 Å². The summed E-state index contributed by atoms with van der Waals surface area (Å²) in [5, 5.41) is 9.87. The van der Waals surface area contributed by atoms with Gasteiger partial charge in [-0.3, -0.25) is 0 Å². The molecule has 0 saturated carbocycles. The number of aliphatic hydroxyl groups is 1. The van der Waals surface area contributed by atoms with E-state index in [2.05, 4.69) is 13.2 Å². The maximum Gasteiger partial charge on any atom is 0.0849 e. The van der Waals surface area contributed by atoms with Gasteiger partial charge in [0.2, 0.25) is 0 Å². The van der Waals surface area contributed by atoms with Gasteiger partial charge in [-0.1, -0.05) is 56.5 Å². The Kier molecular flexibility index (Phi) is 3.66. The van der Waals surface area contributed by atoms with Gasteiger partial charge in [-0.25, -0.2) is 0 Å². The second-order valence-electron chi connectivity index (χ2n) is 3.42. The van der Waals surface area contributed by atoms with Gasteiger partial charge in [-0.05, 0) is 11.1 Å². The van der Waals surface area contributed by atoms with Crippen LogP contribution < -0.4 is 0 Å². The van der Waals surface area contributed by atoms with Crippen molar-refractivity contribution in [3.63, 3.8) is 0 Å². The first-order valence-corrected chi connectivity index (χ1v) is 4.71. The van der Waals surface area contributed by atoms with E-state index < -0.39 is 6.10 Å². The highest BCUT2D eigenvalue weighted by molar-refractivity contribution is 5.26. The highest BCUT2D eigenvalue weighted by atomic mass is 16.3. The van der Waals surface area contributed by atoms with Crippen LogP contribution in [0.5, 0.6) is 0 Å². The molecule has 0 fully saturated rings. The van der Waals surface area contributed by atoms with Crippen LogP contribution >= 0.6 is 0 Å². The summed E-state index contributed by atoms with van der Waals surface area (Å²) < 4.78 is 0. The molecule has 2 atom stereocenters. The Labute approximate surface area is 85.4 Å². The molecule has 74 valence electrons. The van der Waals surface area contributed by atoms with Crippen LogP contribution in [-0.4, -0.2) is 11.2 Å². The van der Waals surface area contributed by atoms with E-state index >= 15 is 0 Å². The number of benzene rings is 1. The molecular weight excluding hydrogens is 172 g/mol. The molecule has 0 aliphatic carbocycles. The maximum absolute atomic E-state index is 9.87.